The number of rotatable bonds is 6. The van der Waals surface area contributed by atoms with Gasteiger partial charge in [0, 0.05) is 11.1 Å². The van der Waals surface area contributed by atoms with Crippen molar-refractivity contribution in [2.75, 3.05) is 20.7 Å². The second-order valence-electron chi connectivity index (χ2n) is 9.36. The van der Waals surface area contributed by atoms with Crippen molar-refractivity contribution in [1.29, 1.82) is 0 Å². The van der Waals surface area contributed by atoms with E-state index >= 15 is 0 Å². The summed E-state index contributed by atoms with van der Waals surface area (Å²) in [7, 11) is 3.60. The molecule has 0 heterocycles. The second kappa shape index (κ2) is 7.74. The molecule has 28 heavy (non-hydrogen) atoms. The molecule has 0 saturated heterocycles. The van der Waals surface area contributed by atoms with Crippen LogP contribution in [0.1, 0.15) is 44.1 Å². The predicted molar refractivity (Wildman–Crippen MR) is 106 cm³/mol. The summed E-state index contributed by atoms with van der Waals surface area (Å²) in [6, 6.07) is 7.52. The molecule has 6 nitrogen and oxygen atoms in total. The lowest BCUT2D eigenvalue weighted by Gasteiger charge is -2.56. The zero-order valence-electron chi connectivity index (χ0n) is 16.9. The molecule has 1 aromatic rings. The maximum Gasteiger partial charge on any atom is 0.322 e. The lowest BCUT2D eigenvalue weighted by atomic mass is 9.53. The molecule has 5 rings (SSSR count). The molecule has 4 fully saturated rings. The van der Waals surface area contributed by atoms with Gasteiger partial charge in [-0.05, 0) is 80.5 Å². The van der Waals surface area contributed by atoms with E-state index in [4.69, 9.17) is 4.74 Å². The summed E-state index contributed by atoms with van der Waals surface area (Å²) < 4.78 is 5.17. The molecule has 1 aromatic carbocycles. The number of amides is 3. The summed E-state index contributed by atoms with van der Waals surface area (Å²) in [5, 5.41) is 5.76. The van der Waals surface area contributed by atoms with Crippen LogP contribution in [-0.2, 0) is 11.3 Å². The molecule has 4 bridgehead atoms. The third-order valence-corrected chi connectivity index (χ3v) is 6.80. The molecule has 0 aliphatic heterocycles. The SMILES string of the molecule is COc1ccc(C[NH+](C)CC(=O)NC(=O)NC23CC4CC(CC(C4)C2)C3)cc1. The van der Waals surface area contributed by atoms with Crippen molar-refractivity contribution >= 4 is 11.9 Å². The minimum atomic E-state index is -0.316. The van der Waals surface area contributed by atoms with Crippen molar-refractivity contribution in [1.82, 2.24) is 10.6 Å². The second-order valence-corrected chi connectivity index (χ2v) is 9.36. The van der Waals surface area contributed by atoms with Gasteiger partial charge in [-0.2, -0.15) is 0 Å². The fourth-order valence-corrected chi connectivity index (χ4v) is 6.14. The number of hydrogen-bond donors (Lipinski definition) is 3. The number of carbonyl (C=O) groups is 2. The minimum absolute atomic E-state index is 0.0685. The average Bonchev–Trinajstić information content (AvgIpc) is 2.60. The number of benzene rings is 1. The van der Waals surface area contributed by atoms with E-state index in [9.17, 15) is 9.59 Å². The largest absolute Gasteiger partial charge is 0.497 e. The van der Waals surface area contributed by atoms with Crippen molar-refractivity contribution in [3.05, 3.63) is 29.8 Å². The van der Waals surface area contributed by atoms with Crippen molar-refractivity contribution in [3.8, 4) is 5.75 Å². The summed E-state index contributed by atoms with van der Waals surface area (Å²) in [4.78, 5) is 25.8. The number of methoxy groups -OCH3 is 1. The van der Waals surface area contributed by atoms with E-state index in [-0.39, 0.29) is 24.0 Å². The molecule has 1 atom stereocenters. The molecule has 3 N–H and O–H groups in total. The van der Waals surface area contributed by atoms with E-state index in [1.807, 2.05) is 31.3 Å². The molecule has 0 radical (unpaired) electrons. The lowest BCUT2D eigenvalue weighted by molar-refractivity contribution is -0.885. The molecule has 0 spiro atoms. The highest BCUT2D eigenvalue weighted by Crippen LogP contribution is 2.55. The van der Waals surface area contributed by atoms with Gasteiger partial charge >= 0.3 is 6.03 Å². The Bertz CT molecular complexity index is 696. The van der Waals surface area contributed by atoms with Gasteiger partial charge in [-0.3, -0.25) is 10.1 Å². The average molecular weight is 387 g/mol. The van der Waals surface area contributed by atoms with Gasteiger partial charge in [0.25, 0.3) is 5.91 Å². The van der Waals surface area contributed by atoms with Gasteiger partial charge in [-0.15, -0.1) is 0 Å². The van der Waals surface area contributed by atoms with Crippen LogP contribution in [0.15, 0.2) is 24.3 Å². The normalized spacial score (nSPS) is 31.3. The Labute approximate surface area is 167 Å². The Kier molecular flexibility index (Phi) is 5.32. The number of likely N-dealkylation sites (N-methyl/N-ethyl adjacent to an activating group) is 1. The molecule has 0 aromatic heterocycles. The highest BCUT2D eigenvalue weighted by atomic mass is 16.5. The van der Waals surface area contributed by atoms with E-state index in [1.54, 1.807) is 7.11 Å². The van der Waals surface area contributed by atoms with Gasteiger partial charge in [0.1, 0.15) is 12.3 Å². The number of carbonyl (C=O) groups excluding carboxylic acids is 2. The Morgan fingerprint density at radius 1 is 1.07 bits per heavy atom. The van der Waals surface area contributed by atoms with E-state index < -0.39 is 0 Å². The summed E-state index contributed by atoms with van der Waals surface area (Å²) in [6.45, 7) is 0.980. The Morgan fingerprint density at radius 3 is 2.18 bits per heavy atom. The third kappa shape index (κ3) is 4.32. The molecule has 6 heteroatoms. The molecule has 4 saturated carbocycles. The smallest absolute Gasteiger partial charge is 0.322 e. The summed E-state index contributed by atoms with van der Waals surface area (Å²) in [5.74, 6) is 2.89. The molecule has 4 aliphatic rings. The molecular formula is C22H32N3O3+. The molecule has 152 valence electrons. The number of hydrogen-bond acceptors (Lipinski definition) is 3. The lowest BCUT2D eigenvalue weighted by Crippen LogP contribution is -3.09. The zero-order valence-corrected chi connectivity index (χ0v) is 16.9. The number of nitrogens with one attached hydrogen (secondary N) is 3. The molecule has 1 unspecified atom stereocenters. The first-order valence-electron chi connectivity index (χ1n) is 10.5. The first-order valence-corrected chi connectivity index (χ1v) is 10.5. The highest BCUT2D eigenvalue weighted by molar-refractivity contribution is 5.95. The quantitative estimate of drug-likeness (QED) is 0.694. The van der Waals surface area contributed by atoms with Crippen molar-refractivity contribution in [2.24, 2.45) is 17.8 Å². The monoisotopic (exact) mass is 386 g/mol. The van der Waals surface area contributed by atoms with Crippen LogP contribution in [0, 0.1) is 17.8 Å². The van der Waals surface area contributed by atoms with Gasteiger partial charge in [0.2, 0.25) is 0 Å². The van der Waals surface area contributed by atoms with Crippen LogP contribution in [0.2, 0.25) is 0 Å². The molecule has 4 aliphatic carbocycles. The zero-order chi connectivity index (χ0) is 19.7. The standard InChI is InChI=1S/C22H31N3O3/c1-25(13-15-3-5-19(28-2)6-4-15)14-20(26)23-21(27)24-22-10-16-7-17(11-22)9-18(8-16)12-22/h3-6,16-18H,7-14H2,1-2H3,(H2,23,24,26,27)/p+1. The van der Waals surface area contributed by atoms with Crippen LogP contribution in [0.4, 0.5) is 4.79 Å². The Balaban J connectivity index is 1.24. The van der Waals surface area contributed by atoms with Crippen LogP contribution in [0.5, 0.6) is 5.75 Å². The molecule has 3 amide bonds. The maximum absolute atomic E-state index is 12.5. The topological polar surface area (TPSA) is 71.9 Å². The third-order valence-electron chi connectivity index (χ3n) is 6.80. The number of quaternary nitrogens is 1. The fourth-order valence-electron chi connectivity index (χ4n) is 6.14. The summed E-state index contributed by atoms with van der Waals surface area (Å²) in [6.07, 6.45) is 7.26. The van der Waals surface area contributed by atoms with Crippen LogP contribution in [-0.4, -0.2) is 38.2 Å². The fraction of sp³-hybridized carbons (Fsp3) is 0.636. The van der Waals surface area contributed by atoms with E-state index in [0.29, 0.717) is 6.54 Å². The minimum Gasteiger partial charge on any atom is -0.497 e. The van der Waals surface area contributed by atoms with E-state index in [0.717, 1.165) is 53.2 Å². The van der Waals surface area contributed by atoms with Gasteiger partial charge in [-0.25, -0.2) is 4.79 Å². The van der Waals surface area contributed by atoms with E-state index in [2.05, 4.69) is 10.6 Å². The van der Waals surface area contributed by atoms with Crippen molar-refractivity contribution < 1.29 is 19.2 Å². The van der Waals surface area contributed by atoms with Gasteiger partial charge in [-0.1, -0.05) is 0 Å². The Hall–Kier alpha value is -2.08. The molecular weight excluding hydrogens is 354 g/mol. The van der Waals surface area contributed by atoms with Crippen LogP contribution in [0.3, 0.4) is 0 Å². The van der Waals surface area contributed by atoms with Crippen molar-refractivity contribution in [3.63, 3.8) is 0 Å². The van der Waals surface area contributed by atoms with Gasteiger partial charge in [0.05, 0.1) is 14.2 Å². The number of ether oxygens (including phenoxy) is 1. The van der Waals surface area contributed by atoms with Gasteiger partial charge < -0.3 is 15.0 Å². The van der Waals surface area contributed by atoms with E-state index in [1.165, 1.54) is 19.3 Å². The number of imide groups is 1. The van der Waals surface area contributed by atoms with Crippen LogP contribution < -0.4 is 20.3 Å². The maximum atomic E-state index is 12.5. The summed E-state index contributed by atoms with van der Waals surface area (Å²) in [5.41, 5.74) is 1.06. The first kappa shape index (κ1) is 19.2. The Morgan fingerprint density at radius 2 is 1.64 bits per heavy atom. The number of urea groups is 1. The van der Waals surface area contributed by atoms with Crippen LogP contribution >= 0.6 is 0 Å². The first-order chi connectivity index (χ1) is 13.4. The summed E-state index contributed by atoms with van der Waals surface area (Å²) >= 11 is 0. The highest BCUT2D eigenvalue weighted by Gasteiger charge is 2.51. The predicted octanol–water partition coefficient (Wildman–Crippen LogP) is 1.50. The van der Waals surface area contributed by atoms with Gasteiger partial charge in [0.15, 0.2) is 6.54 Å². The van der Waals surface area contributed by atoms with Crippen molar-refractivity contribution in [2.45, 2.75) is 50.6 Å². The van der Waals surface area contributed by atoms with Crippen LogP contribution in [0.25, 0.3) is 0 Å².